The molecule has 0 amide bonds. The van der Waals surface area contributed by atoms with Gasteiger partial charge in [-0.25, -0.2) is 4.79 Å². The van der Waals surface area contributed by atoms with E-state index in [0.29, 0.717) is 6.54 Å². The molecule has 1 atom stereocenters. The Morgan fingerprint density at radius 2 is 2.32 bits per heavy atom. The van der Waals surface area contributed by atoms with E-state index < -0.39 is 5.97 Å². The van der Waals surface area contributed by atoms with Gasteiger partial charge in [-0.3, -0.25) is 4.90 Å². The van der Waals surface area contributed by atoms with E-state index >= 15 is 0 Å². The molecule has 2 aromatic rings. The summed E-state index contributed by atoms with van der Waals surface area (Å²) >= 11 is 0. The van der Waals surface area contributed by atoms with Crippen molar-refractivity contribution in [3.05, 3.63) is 53.5 Å². The van der Waals surface area contributed by atoms with Crippen LogP contribution in [0.15, 0.2) is 41.0 Å². The van der Waals surface area contributed by atoms with Gasteiger partial charge in [-0.05, 0) is 43.1 Å². The number of ether oxygens (including phenoxy) is 1. The predicted molar refractivity (Wildman–Crippen MR) is 81.0 cm³/mol. The van der Waals surface area contributed by atoms with Gasteiger partial charge in [0, 0.05) is 18.2 Å². The Bertz CT molecular complexity index is 664. The number of carboxylic acids is 1. The molecule has 1 aromatic carbocycles. The van der Waals surface area contributed by atoms with Crippen molar-refractivity contribution < 1.29 is 19.1 Å². The maximum atomic E-state index is 11.2. The minimum absolute atomic E-state index is 0.0382. The predicted octanol–water partition coefficient (Wildman–Crippen LogP) is 3.32. The maximum Gasteiger partial charge on any atom is 0.372 e. The van der Waals surface area contributed by atoms with E-state index in [9.17, 15) is 4.79 Å². The number of hydrogen-bond acceptors (Lipinski definition) is 4. The van der Waals surface area contributed by atoms with Crippen molar-refractivity contribution in [2.24, 2.45) is 0 Å². The number of benzene rings is 1. The third-order valence-corrected chi connectivity index (χ3v) is 4.16. The Morgan fingerprint density at radius 3 is 3.09 bits per heavy atom. The number of hydrogen-bond donors (Lipinski definition) is 1. The number of furan rings is 1. The fourth-order valence-corrected chi connectivity index (χ4v) is 3.11. The van der Waals surface area contributed by atoms with Gasteiger partial charge >= 0.3 is 5.97 Å². The lowest BCUT2D eigenvalue weighted by Gasteiger charge is -2.24. The van der Waals surface area contributed by atoms with Crippen LogP contribution >= 0.6 is 0 Å². The summed E-state index contributed by atoms with van der Waals surface area (Å²) in [6.45, 7) is 1.53. The normalized spacial score (nSPS) is 18.5. The van der Waals surface area contributed by atoms with E-state index in [1.807, 2.05) is 12.1 Å². The van der Waals surface area contributed by atoms with Crippen LogP contribution in [0.25, 0.3) is 0 Å². The van der Waals surface area contributed by atoms with Crippen LogP contribution in [0.1, 0.15) is 40.6 Å². The van der Waals surface area contributed by atoms with Crippen LogP contribution in [-0.4, -0.2) is 29.6 Å². The number of carbonyl (C=O) groups is 1. The van der Waals surface area contributed by atoms with Gasteiger partial charge in [-0.1, -0.05) is 12.1 Å². The summed E-state index contributed by atoms with van der Waals surface area (Å²) in [7, 11) is 1.66. The molecule has 1 aromatic heterocycles. The van der Waals surface area contributed by atoms with Crippen molar-refractivity contribution in [2.45, 2.75) is 25.4 Å². The molecule has 2 heterocycles. The molecule has 0 radical (unpaired) electrons. The molecule has 22 heavy (non-hydrogen) atoms. The minimum atomic E-state index is -1.02. The largest absolute Gasteiger partial charge is 0.497 e. The summed E-state index contributed by atoms with van der Waals surface area (Å²) in [5.41, 5.74) is 1.93. The zero-order valence-corrected chi connectivity index (χ0v) is 12.5. The van der Waals surface area contributed by atoms with Gasteiger partial charge in [-0.15, -0.1) is 0 Å². The molecule has 1 aliphatic rings. The molecule has 0 aliphatic carbocycles. The number of rotatable bonds is 5. The zero-order valence-electron chi connectivity index (χ0n) is 12.5. The smallest absolute Gasteiger partial charge is 0.372 e. The highest BCUT2D eigenvalue weighted by Crippen LogP contribution is 2.35. The lowest BCUT2D eigenvalue weighted by Crippen LogP contribution is -2.23. The minimum Gasteiger partial charge on any atom is -0.497 e. The van der Waals surface area contributed by atoms with Crippen molar-refractivity contribution in [3.8, 4) is 5.75 Å². The third kappa shape index (κ3) is 2.85. The zero-order chi connectivity index (χ0) is 15.5. The van der Waals surface area contributed by atoms with E-state index in [1.54, 1.807) is 13.2 Å². The first kappa shape index (κ1) is 14.7. The fourth-order valence-electron chi connectivity index (χ4n) is 3.11. The summed E-state index contributed by atoms with van der Waals surface area (Å²) in [4.78, 5) is 13.5. The van der Waals surface area contributed by atoms with Gasteiger partial charge < -0.3 is 14.3 Å². The first-order valence-electron chi connectivity index (χ1n) is 7.36. The average molecular weight is 301 g/mol. The molecule has 1 fully saturated rings. The summed E-state index contributed by atoms with van der Waals surface area (Å²) in [6, 6.07) is 10.1. The molecule has 116 valence electrons. The Kier molecular flexibility index (Phi) is 4.15. The van der Waals surface area contributed by atoms with Crippen molar-refractivity contribution in [2.75, 3.05) is 13.7 Å². The van der Waals surface area contributed by atoms with Crippen LogP contribution in [0, 0.1) is 0 Å². The quantitative estimate of drug-likeness (QED) is 0.918. The monoisotopic (exact) mass is 301 g/mol. The molecule has 0 spiro atoms. The van der Waals surface area contributed by atoms with Crippen molar-refractivity contribution >= 4 is 5.97 Å². The van der Waals surface area contributed by atoms with Gasteiger partial charge in [0.25, 0.3) is 0 Å². The molecule has 5 nitrogen and oxygen atoms in total. The van der Waals surface area contributed by atoms with Gasteiger partial charge in [-0.2, -0.15) is 0 Å². The maximum absolute atomic E-state index is 11.2. The Labute approximate surface area is 129 Å². The van der Waals surface area contributed by atoms with Crippen molar-refractivity contribution in [3.63, 3.8) is 0 Å². The molecule has 1 aliphatic heterocycles. The van der Waals surface area contributed by atoms with Crippen LogP contribution in [0.5, 0.6) is 5.75 Å². The van der Waals surface area contributed by atoms with Crippen LogP contribution in [-0.2, 0) is 6.54 Å². The molecule has 1 saturated heterocycles. The molecular formula is C17H19NO4. The second kappa shape index (κ2) is 6.23. The van der Waals surface area contributed by atoms with E-state index in [-0.39, 0.29) is 11.8 Å². The van der Waals surface area contributed by atoms with Gasteiger partial charge in [0.1, 0.15) is 5.75 Å². The fraction of sp³-hybridized carbons (Fsp3) is 0.353. The summed E-state index contributed by atoms with van der Waals surface area (Å²) < 4.78 is 10.4. The topological polar surface area (TPSA) is 62.9 Å². The third-order valence-electron chi connectivity index (χ3n) is 4.16. The molecule has 0 bridgehead atoms. The highest BCUT2D eigenvalue weighted by Gasteiger charge is 2.28. The average Bonchev–Trinajstić information content (AvgIpc) is 3.17. The second-order valence-electron chi connectivity index (χ2n) is 5.49. The van der Waals surface area contributed by atoms with E-state index in [1.165, 1.54) is 11.8 Å². The second-order valence-corrected chi connectivity index (χ2v) is 5.49. The highest BCUT2D eigenvalue weighted by atomic mass is 16.5. The standard InChI is InChI=1S/C17H19NO4/c1-21-14-5-2-4-12(10-14)15-6-3-8-18(15)11-13-7-9-22-16(13)17(19)20/h2,4-5,7,9-10,15H,3,6,8,11H2,1H3,(H,19,20). The van der Waals surface area contributed by atoms with Crippen LogP contribution in [0.4, 0.5) is 0 Å². The Hall–Kier alpha value is -2.27. The lowest BCUT2D eigenvalue weighted by molar-refractivity contribution is 0.0658. The SMILES string of the molecule is COc1cccc(C2CCCN2Cc2ccoc2C(=O)O)c1. The molecule has 1 N–H and O–H groups in total. The highest BCUT2D eigenvalue weighted by molar-refractivity contribution is 5.86. The van der Waals surface area contributed by atoms with Crippen LogP contribution < -0.4 is 4.74 Å². The van der Waals surface area contributed by atoms with Gasteiger partial charge in [0.2, 0.25) is 5.76 Å². The summed E-state index contributed by atoms with van der Waals surface area (Å²) in [6.07, 6.45) is 3.60. The van der Waals surface area contributed by atoms with Crippen LogP contribution in [0.3, 0.4) is 0 Å². The molecule has 5 heteroatoms. The van der Waals surface area contributed by atoms with Crippen LogP contribution in [0.2, 0.25) is 0 Å². The van der Waals surface area contributed by atoms with E-state index in [2.05, 4.69) is 17.0 Å². The van der Waals surface area contributed by atoms with Gasteiger partial charge in [0.05, 0.1) is 13.4 Å². The summed E-state index contributed by atoms with van der Waals surface area (Å²) in [5, 5.41) is 9.15. The first-order chi connectivity index (χ1) is 10.7. The van der Waals surface area contributed by atoms with Gasteiger partial charge in [0.15, 0.2) is 0 Å². The molecular weight excluding hydrogens is 282 g/mol. The number of aromatic carboxylic acids is 1. The summed E-state index contributed by atoms with van der Waals surface area (Å²) in [5.74, 6) is -0.132. The molecule has 1 unspecified atom stereocenters. The first-order valence-corrected chi connectivity index (χ1v) is 7.36. The Morgan fingerprint density at radius 1 is 1.45 bits per heavy atom. The number of carboxylic acid groups (broad SMARTS) is 1. The number of likely N-dealkylation sites (tertiary alicyclic amines) is 1. The number of nitrogens with zero attached hydrogens (tertiary/aromatic N) is 1. The Balaban J connectivity index is 1.81. The number of methoxy groups -OCH3 is 1. The van der Waals surface area contributed by atoms with E-state index in [4.69, 9.17) is 14.3 Å². The molecule has 0 saturated carbocycles. The van der Waals surface area contributed by atoms with E-state index in [0.717, 1.165) is 30.7 Å². The van der Waals surface area contributed by atoms with Crippen molar-refractivity contribution in [1.82, 2.24) is 4.90 Å². The van der Waals surface area contributed by atoms with Crippen molar-refractivity contribution in [1.29, 1.82) is 0 Å². The lowest BCUT2D eigenvalue weighted by atomic mass is 10.0. The molecule has 3 rings (SSSR count).